The number of likely N-dealkylation sites (tertiary alicyclic amines) is 1. The lowest BCUT2D eigenvalue weighted by Crippen LogP contribution is -2.51. The van der Waals surface area contributed by atoms with Crippen molar-refractivity contribution in [2.24, 2.45) is 0 Å². The van der Waals surface area contributed by atoms with E-state index in [9.17, 15) is 19.2 Å². The normalized spacial score (nSPS) is 16.5. The van der Waals surface area contributed by atoms with Crippen LogP contribution in [0.25, 0.3) is 0 Å². The predicted molar refractivity (Wildman–Crippen MR) is 112 cm³/mol. The first-order valence-electron chi connectivity index (χ1n) is 10.0. The second-order valence-electron chi connectivity index (χ2n) is 7.75. The largest absolute Gasteiger partial charge is 0.389 e. The van der Waals surface area contributed by atoms with Crippen molar-refractivity contribution < 1.29 is 19.2 Å². The summed E-state index contributed by atoms with van der Waals surface area (Å²) in [4.78, 5) is 52.4. The molecule has 1 aliphatic rings. The number of Topliss-reactive ketones (excluding diaryl/α,β-unsaturated/α-hetero) is 1. The standard InChI is InChI=1S/C20H33BN4O4/c1-14(20(29)24(5)15(2)16(3)26)22-18(27)13-25(21)19(28)8-6-7-17-9-11-23(4)12-10-17/h7,14-15H,6,8-13H2,1-5H3,(H,22,27). The molecule has 9 heteroatoms. The van der Waals surface area contributed by atoms with Crippen molar-refractivity contribution in [3.8, 4) is 0 Å². The lowest BCUT2D eigenvalue weighted by atomic mass is 10.0. The molecule has 0 aromatic heterocycles. The van der Waals surface area contributed by atoms with E-state index in [1.54, 1.807) is 6.92 Å². The number of piperidine rings is 1. The monoisotopic (exact) mass is 404 g/mol. The van der Waals surface area contributed by atoms with Gasteiger partial charge in [-0.2, -0.15) is 0 Å². The summed E-state index contributed by atoms with van der Waals surface area (Å²) in [5.41, 5.74) is 1.36. The van der Waals surface area contributed by atoms with Crippen LogP contribution in [0.3, 0.4) is 0 Å². The topological polar surface area (TPSA) is 90.0 Å². The van der Waals surface area contributed by atoms with Crippen LogP contribution in [0.1, 0.15) is 46.5 Å². The molecule has 3 amide bonds. The highest BCUT2D eigenvalue weighted by Crippen LogP contribution is 2.15. The number of nitrogens with zero attached hydrogens (tertiary/aromatic N) is 3. The van der Waals surface area contributed by atoms with E-state index >= 15 is 0 Å². The number of hydrogen-bond acceptors (Lipinski definition) is 5. The summed E-state index contributed by atoms with van der Waals surface area (Å²) in [5, 5.41) is 2.52. The second kappa shape index (κ2) is 11.8. The summed E-state index contributed by atoms with van der Waals surface area (Å²) in [6.07, 6.45) is 4.95. The summed E-state index contributed by atoms with van der Waals surface area (Å²) in [7, 11) is 9.31. The molecule has 1 aliphatic heterocycles. The Morgan fingerprint density at radius 3 is 2.34 bits per heavy atom. The van der Waals surface area contributed by atoms with Gasteiger partial charge in [0.1, 0.15) is 6.04 Å². The average molecular weight is 404 g/mol. The van der Waals surface area contributed by atoms with Crippen molar-refractivity contribution >= 4 is 31.5 Å². The lowest BCUT2D eigenvalue weighted by Gasteiger charge is -2.27. The van der Waals surface area contributed by atoms with Crippen molar-refractivity contribution in [3.05, 3.63) is 11.6 Å². The van der Waals surface area contributed by atoms with Crippen molar-refractivity contribution in [2.45, 2.75) is 58.5 Å². The van der Waals surface area contributed by atoms with Crippen LogP contribution in [-0.2, 0) is 19.2 Å². The molecule has 29 heavy (non-hydrogen) atoms. The molecule has 2 unspecified atom stereocenters. The third kappa shape index (κ3) is 8.39. The molecule has 1 saturated heterocycles. The zero-order valence-electron chi connectivity index (χ0n) is 18.2. The summed E-state index contributed by atoms with van der Waals surface area (Å²) in [6, 6.07) is -1.40. The van der Waals surface area contributed by atoms with Crippen LogP contribution in [0.15, 0.2) is 11.6 Å². The molecule has 160 valence electrons. The van der Waals surface area contributed by atoms with E-state index in [1.807, 2.05) is 0 Å². The van der Waals surface area contributed by atoms with Gasteiger partial charge in [0.25, 0.3) is 0 Å². The number of nitrogens with one attached hydrogen (secondary N) is 1. The summed E-state index contributed by atoms with van der Waals surface area (Å²) < 4.78 is 0. The number of rotatable bonds is 9. The maximum atomic E-state index is 12.3. The molecule has 1 N–H and O–H groups in total. The summed E-state index contributed by atoms with van der Waals surface area (Å²) in [6.45, 7) is 6.28. The SMILES string of the molecule is [B]N(CC(=O)NC(C)C(=O)N(C)C(C)C(C)=O)C(=O)CCC=C1CCN(C)CC1. The summed E-state index contributed by atoms with van der Waals surface area (Å²) in [5.74, 6) is -1.39. The van der Waals surface area contributed by atoms with Crippen LogP contribution in [0.2, 0.25) is 0 Å². The van der Waals surface area contributed by atoms with Crippen LogP contribution < -0.4 is 5.32 Å². The predicted octanol–water partition coefficient (Wildman–Crippen LogP) is 0.271. The smallest absolute Gasteiger partial charge is 0.245 e. The van der Waals surface area contributed by atoms with Crippen molar-refractivity contribution in [1.82, 2.24) is 19.9 Å². The number of carbonyl (C=O) groups excluding carboxylic acids is 4. The molecule has 1 rings (SSSR count). The number of ketones is 1. The minimum atomic E-state index is -0.827. The maximum Gasteiger partial charge on any atom is 0.245 e. The Kier molecular flexibility index (Phi) is 10.1. The molecule has 0 bridgehead atoms. The van der Waals surface area contributed by atoms with Gasteiger partial charge in [-0.1, -0.05) is 11.6 Å². The first kappa shape index (κ1) is 24.9. The third-order valence-corrected chi connectivity index (χ3v) is 5.32. The number of allylic oxidation sites excluding steroid dienone is 1. The molecular weight excluding hydrogens is 371 g/mol. The molecule has 0 aromatic carbocycles. The van der Waals surface area contributed by atoms with Gasteiger partial charge in [-0.3, -0.25) is 19.2 Å². The Hall–Kier alpha value is -2.16. The van der Waals surface area contributed by atoms with Gasteiger partial charge >= 0.3 is 0 Å². The molecule has 0 spiro atoms. The van der Waals surface area contributed by atoms with E-state index in [-0.39, 0.29) is 30.6 Å². The highest BCUT2D eigenvalue weighted by molar-refractivity contribution is 6.15. The fourth-order valence-corrected chi connectivity index (χ4v) is 3.01. The fraction of sp³-hybridized carbons (Fsp3) is 0.700. The average Bonchev–Trinajstić information content (AvgIpc) is 2.67. The van der Waals surface area contributed by atoms with Gasteiger partial charge in [-0.25, -0.2) is 0 Å². The van der Waals surface area contributed by atoms with E-state index in [1.165, 1.54) is 31.4 Å². The highest BCUT2D eigenvalue weighted by atomic mass is 16.2. The number of carbonyl (C=O) groups is 4. The van der Waals surface area contributed by atoms with Gasteiger partial charge in [0, 0.05) is 26.6 Å². The van der Waals surface area contributed by atoms with E-state index in [0.29, 0.717) is 6.42 Å². The zero-order valence-corrected chi connectivity index (χ0v) is 18.2. The van der Waals surface area contributed by atoms with E-state index in [4.69, 9.17) is 7.98 Å². The molecule has 2 atom stereocenters. The lowest BCUT2D eigenvalue weighted by molar-refractivity contribution is -0.140. The first-order chi connectivity index (χ1) is 13.5. The van der Waals surface area contributed by atoms with Crippen LogP contribution in [0.4, 0.5) is 0 Å². The first-order valence-corrected chi connectivity index (χ1v) is 10.0. The summed E-state index contributed by atoms with van der Waals surface area (Å²) >= 11 is 0. The van der Waals surface area contributed by atoms with Gasteiger partial charge in [-0.15, -0.1) is 0 Å². The van der Waals surface area contributed by atoms with Gasteiger partial charge in [0.2, 0.25) is 25.7 Å². The van der Waals surface area contributed by atoms with Crippen LogP contribution in [0.5, 0.6) is 0 Å². The molecule has 0 aromatic rings. The van der Waals surface area contributed by atoms with Crippen LogP contribution in [-0.4, -0.2) is 91.9 Å². The Morgan fingerprint density at radius 1 is 1.21 bits per heavy atom. The molecule has 1 heterocycles. The number of hydrogen-bond donors (Lipinski definition) is 1. The zero-order chi connectivity index (χ0) is 22.1. The van der Waals surface area contributed by atoms with Crippen molar-refractivity contribution in [2.75, 3.05) is 33.7 Å². The van der Waals surface area contributed by atoms with Crippen LogP contribution >= 0.6 is 0 Å². The Labute approximate surface area is 175 Å². The molecule has 0 aliphatic carbocycles. The minimum absolute atomic E-state index is 0.145. The molecule has 8 nitrogen and oxygen atoms in total. The van der Waals surface area contributed by atoms with Gasteiger partial charge in [0.05, 0.1) is 12.6 Å². The Bertz CT molecular complexity index is 642. The highest BCUT2D eigenvalue weighted by Gasteiger charge is 2.25. The van der Waals surface area contributed by atoms with Crippen molar-refractivity contribution in [3.63, 3.8) is 0 Å². The molecule has 2 radical (unpaired) electrons. The van der Waals surface area contributed by atoms with E-state index < -0.39 is 18.0 Å². The minimum Gasteiger partial charge on any atom is -0.389 e. The van der Waals surface area contributed by atoms with E-state index in [0.717, 1.165) is 30.7 Å². The molecule has 0 saturated carbocycles. The van der Waals surface area contributed by atoms with E-state index in [2.05, 4.69) is 23.3 Å². The third-order valence-electron chi connectivity index (χ3n) is 5.32. The van der Waals surface area contributed by atoms with Crippen molar-refractivity contribution in [1.29, 1.82) is 0 Å². The van der Waals surface area contributed by atoms with Crippen LogP contribution in [0, 0.1) is 0 Å². The molecule has 1 fully saturated rings. The molecular formula is C20H33BN4O4. The maximum absolute atomic E-state index is 12.3. The van der Waals surface area contributed by atoms with Gasteiger partial charge < -0.3 is 19.9 Å². The quantitative estimate of drug-likeness (QED) is 0.440. The Morgan fingerprint density at radius 2 is 1.79 bits per heavy atom. The number of likely N-dealkylation sites (N-methyl/N-ethyl adjacent to an activating group) is 1. The fourth-order valence-electron chi connectivity index (χ4n) is 3.01. The van der Waals surface area contributed by atoms with Gasteiger partial charge in [-0.05, 0) is 47.1 Å². The Balaban J connectivity index is 2.40. The van der Waals surface area contributed by atoms with Gasteiger partial charge in [0.15, 0.2) is 5.78 Å². The second-order valence-corrected chi connectivity index (χ2v) is 7.75. The number of amides is 3.